The lowest BCUT2D eigenvalue weighted by Gasteiger charge is -2.35. The van der Waals surface area contributed by atoms with Crippen molar-refractivity contribution < 1.29 is 23.1 Å². The van der Waals surface area contributed by atoms with E-state index in [1.807, 2.05) is 39.0 Å². The zero-order valence-corrected chi connectivity index (χ0v) is 19.4. The molecule has 4 aromatic rings. The van der Waals surface area contributed by atoms with E-state index >= 15 is 0 Å². The van der Waals surface area contributed by atoms with Gasteiger partial charge in [0.15, 0.2) is 11.5 Å². The summed E-state index contributed by atoms with van der Waals surface area (Å²) in [6.07, 6.45) is 0.0827. The largest absolute Gasteiger partial charge is 0.482 e. The molecule has 0 aliphatic carbocycles. The molecule has 6 heteroatoms. The molecule has 34 heavy (non-hydrogen) atoms. The van der Waals surface area contributed by atoms with E-state index in [9.17, 15) is 14.0 Å². The molecule has 3 aromatic carbocycles. The molecular weight excluding hydrogens is 433 g/mol. The van der Waals surface area contributed by atoms with Gasteiger partial charge < -0.3 is 14.5 Å². The summed E-state index contributed by atoms with van der Waals surface area (Å²) in [6.45, 7) is 7.46. The quantitative estimate of drug-likeness (QED) is 0.375. The molecule has 0 unspecified atom stereocenters. The van der Waals surface area contributed by atoms with Gasteiger partial charge in [-0.25, -0.2) is 4.39 Å². The molecule has 5 rings (SSSR count). The summed E-state index contributed by atoms with van der Waals surface area (Å²) in [5, 5.41) is 3.50. The van der Waals surface area contributed by atoms with Gasteiger partial charge in [-0.1, -0.05) is 24.3 Å². The number of furan rings is 1. The lowest BCUT2D eigenvalue weighted by molar-refractivity contribution is 0.0507. The van der Waals surface area contributed by atoms with E-state index in [0.29, 0.717) is 39.1 Å². The van der Waals surface area contributed by atoms with E-state index < -0.39 is 5.60 Å². The van der Waals surface area contributed by atoms with Crippen LogP contribution in [0.3, 0.4) is 0 Å². The van der Waals surface area contributed by atoms with E-state index in [4.69, 9.17) is 9.15 Å². The molecule has 0 radical (unpaired) electrons. The second-order valence-corrected chi connectivity index (χ2v) is 9.08. The van der Waals surface area contributed by atoms with Gasteiger partial charge in [0.1, 0.15) is 22.8 Å². The normalized spacial score (nSPS) is 17.4. The average Bonchev–Trinajstić information content (AvgIpc) is 3.13. The van der Waals surface area contributed by atoms with Crippen LogP contribution in [0, 0.1) is 26.6 Å². The first-order chi connectivity index (χ1) is 16.2. The molecule has 5 nitrogen and oxygen atoms in total. The summed E-state index contributed by atoms with van der Waals surface area (Å²) in [4.78, 5) is 26.4. The lowest BCUT2D eigenvalue weighted by atomic mass is 9.84. The summed E-state index contributed by atoms with van der Waals surface area (Å²) >= 11 is 0. The third kappa shape index (κ3) is 3.55. The molecule has 0 bridgehead atoms. The number of nitrogens with one attached hydrogen (secondary N) is 1. The van der Waals surface area contributed by atoms with Crippen molar-refractivity contribution >= 4 is 28.3 Å². The molecule has 1 atom stereocenters. The van der Waals surface area contributed by atoms with E-state index in [1.165, 1.54) is 12.1 Å². The molecule has 172 valence electrons. The Morgan fingerprint density at radius 1 is 1.03 bits per heavy atom. The maximum absolute atomic E-state index is 13.4. The number of halogens is 1. The lowest BCUT2D eigenvalue weighted by Crippen LogP contribution is -2.36. The molecule has 1 N–H and O–H groups in total. The fourth-order valence-electron chi connectivity index (χ4n) is 4.59. The number of hydrogen-bond acceptors (Lipinski definition) is 4. The Bertz CT molecular complexity index is 1470. The third-order valence-corrected chi connectivity index (χ3v) is 6.47. The first-order valence-corrected chi connectivity index (χ1v) is 11.1. The average molecular weight is 458 g/mol. The number of ether oxygens (including phenoxy) is 1. The van der Waals surface area contributed by atoms with Crippen molar-refractivity contribution in [3.8, 4) is 5.75 Å². The van der Waals surface area contributed by atoms with Crippen LogP contribution in [0.25, 0.3) is 11.0 Å². The first kappa shape index (κ1) is 21.9. The zero-order valence-electron chi connectivity index (χ0n) is 19.4. The van der Waals surface area contributed by atoms with Gasteiger partial charge in [-0.2, -0.15) is 0 Å². The summed E-state index contributed by atoms with van der Waals surface area (Å²) in [5.74, 6) is -0.275. The monoisotopic (exact) mass is 457 g/mol. The third-order valence-electron chi connectivity index (χ3n) is 6.47. The predicted octanol–water partition coefficient (Wildman–Crippen LogP) is 6.63. The Morgan fingerprint density at radius 3 is 2.50 bits per heavy atom. The van der Waals surface area contributed by atoms with Crippen LogP contribution in [0.2, 0.25) is 0 Å². The smallest absolute Gasteiger partial charge is 0.291 e. The minimum absolute atomic E-state index is 0.0827. The van der Waals surface area contributed by atoms with Gasteiger partial charge >= 0.3 is 0 Å². The number of ketones is 1. The highest BCUT2D eigenvalue weighted by molar-refractivity contribution is 6.15. The Morgan fingerprint density at radius 2 is 1.76 bits per heavy atom. The number of amides is 1. The molecular formula is C28H24FNO4. The fourth-order valence-corrected chi connectivity index (χ4v) is 4.59. The van der Waals surface area contributed by atoms with E-state index in [2.05, 4.69) is 5.32 Å². The highest BCUT2D eigenvalue weighted by Gasteiger charge is 2.40. The van der Waals surface area contributed by atoms with Gasteiger partial charge in [-0.05, 0) is 74.7 Å². The van der Waals surface area contributed by atoms with Crippen LogP contribution in [0.15, 0.2) is 59.0 Å². The standard InChI is InChI=1S/C28H24FNO4/c1-15-5-6-16(2)20(13-15)30-27(32)26-17(3)24-22(33-26)11-12-23-25(24)21(31)14-28(4,34-23)18-7-9-19(29)10-8-18/h5-13H,14H2,1-4H3,(H,30,32)/t28-/m1/s1. The highest BCUT2D eigenvalue weighted by Crippen LogP contribution is 2.44. The summed E-state index contributed by atoms with van der Waals surface area (Å²) in [6, 6.07) is 15.2. The van der Waals surface area contributed by atoms with E-state index in [0.717, 1.165) is 11.1 Å². The van der Waals surface area contributed by atoms with E-state index in [-0.39, 0.29) is 29.7 Å². The number of hydrogen-bond donors (Lipinski definition) is 1. The van der Waals surface area contributed by atoms with Crippen LogP contribution < -0.4 is 10.1 Å². The van der Waals surface area contributed by atoms with Crippen LogP contribution in [0.1, 0.15) is 56.5 Å². The van der Waals surface area contributed by atoms with Crippen molar-refractivity contribution in [2.75, 3.05) is 5.32 Å². The van der Waals surface area contributed by atoms with Gasteiger partial charge in [0.2, 0.25) is 0 Å². The summed E-state index contributed by atoms with van der Waals surface area (Å²) < 4.78 is 25.6. The Labute approximate surface area is 196 Å². The number of carbonyl (C=O) groups excluding carboxylic acids is 2. The van der Waals surface area contributed by atoms with Crippen molar-refractivity contribution in [3.05, 3.63) is 94.0 Å². The molecule has 1 aliphatic heterocycles. The number of anilines is 1. The van der Waals surface area contributed by atoms with Crippen LogP contribution in [0.4, 0.5) is 10.1 Å². The predicted molar refractivity (Wildman–Crippen MR) is 128 cm³/mol. The molecule has 1 aromatic heterocycles. The molecule has 0 spiro atoms. The van der Waals surface area contributed by atoms with Crippen LogP contribution in [0.5, 0.6) is 5.75 Å². The number of Topliss-reactive ketones (excluding diaryl/α,β-unsaturated/α-hetero) is 1. The van der Waals surface area contributed by atoms with Gasteiger partial charge in [0.05, 0.1) is 12.0 Å². The van der Waals surface area contributed by atoms with Gasteiger partial charge in [-0.3, -0.25) is 9.59 Å². The van der Waals surface area contributed by atoms with Gasteiger partial charge in [0, 0.05) is 16.6 Å². The molecule has 1 amide bonds. The maximum atomic E-state index is 13.4. The summed E-state index contributed by atoms with van der Waals surface area (Å²) in [5.41, 5.74) is 3.90. The molecule has 0 saturated heterocycles. The van der Waals surface area contributed by atoms with Crippen molar-refractivity contribution in [2.45, 2.75) is 39.7 Å². The number of aryl methyl sites for hydroxylation is 3. The number of carbonyl (C=O) groups is 2. The Balaban J connectivity index is 1.54. The molecule has 0 saturated carbocycles. The Kier molecular flexibility index (Phi) is 5.04. The Hall–Kier alpha value is -3.93. The van der Waals surface area contributed by atoms with Crippen molar-refractivity contribution in [1.29, 1.82) is 0 Å². The maximum Gasteiger partial charge on any atom is 0.291 e. The van der Waals surface area contributed by atoms with Crippen LogP contribution in [-0.2, 0) is 5.60 Å². The van der Waals surface area contributed by atoms with Gasteiger partial charge in [-0.15, -0.1) is 0 Å². The molecule has 0 fully saturated rings. The summed E-state index contributed by atoms with van der Waals surface area (Å²) in [7, 11) is 0. The number of benzene rings is 3. The van der Waals surface area contributed by atoms with Crippen molar-refractivity contribution in [2.24, 2.45) is 0 Å². The van der Waals surface area contributed by atoms with E-state index in [1.54, 1.807) is 31.2 Å². The van der Waals surface area contributed by atoms with Crippen molar-refractivity contribution in [3.63, 3.8) is 0 Å². The first-order valence-electron chi connectivity index (χ1n) is 11.1. The second-order valence-electron chi connectivity index (χ2n) is 9.08. The SMILES string of the molecule is Cc1ccc(C)c(NC(=O)c2oc3ccc4c(c3c2C)C(=O)C[C@](C)(c2ccc(F)cc2)O4)c1. The topological polar surface area (TPSA) is 68.5 Å². The molecule has 1 aliphatic rings. The minimum Gasteiger partial charge on any atom is -0.482 e. The van der Waals surface area contributed by atoms with Crippen molar-refractivity contribution in [1.82, 2.24) is 0 Å². The fraction of sp³-hybridized carbons (Fsp3) is 0.214. The minimum atomic E-state index is -0.925. The zero-order chi connectivity index (χ0) is 24.2. The molecule has 2 heterocycles. The highest BCUT2D eigenvalue weighted by atomic mass is 19.1. The second kappa shape index (κ2) is 7.83. The number of fused-ring (bicyclic) bond motifs is 3. The van der Waals surface area contributed by atoms with Gasteiger partial charge in [0.25, 0.3) is 5.91 Å². The van der Waals surface area contributed by atoms with Crippen LogP contribution in [-0.4, -0.2) is 11.7 Å². The number of rotatable bonds is 3. The van der Waals surface area contributed by atoms with Crippen LogP contribution >= 0.6 is 0 Å².